The first-order valence-electron chi connectivity index (χ1n) is 8.97. The summed E-state index contributed by atoms with van der Waals surface area (Å²) < 4.78 is 8.13. The molecule has 1 amide bonds. The first-order chi connectivity index (χ1) is 12.7. The van der Waals surface area contributed by atoms with Crippen molar-refractivity contribution in [3.8, 4) is 5.75 Å². The van der Waals surface area contributed by atoms with E-state index in [9.17, 15) is 4.79 Å². The number of rotatable bonds is 5. The Hall–Kier alpha value is -2.46. The summed E-state index contributed by atoms with van der Waals surface area (Å²) in [5, 5.41) is 4.80. The van der Waals surface area contributed by atoms with Crippen LogP contribution in [-0.2, 0) is 13.0 Å². The minimum absolute atomic E-state index is 0.0436. The van der Waals surface area contributed by atoms with Crippen molar-refractivity contribution >= 4 is 28.4 Å². The van der Waals surface area contributed by atoms with Crippen molar-refractivity contribution in [2.24, 2.45) is 0 Å². The summed E-state index contributed by atoms with van der Waals surface area (Å²) >= 11 is 5.91. The molecule has 0 spiro atoms. The Bertz CT molecular complexity index is 947. The van der Waals surface area contributed by atoms with Crippen molar-refractivity contribution in [2.75, 3.05) is 6.54 Å². The van der Waals surface area contributed by atoms with Gasteiger partial charge in [0.25, 0.3) is 5.91 Å². The number of aromatic nitrogens is 1. The number of carbonyl (C=O) groups is 1. The number of carbonyl (C=O) groups excluding carboxylic acids is 1. The maximum Gasteiger partial charge on any atom is 0.267 e. The number of amides is 1. The number of hydrogen-bond acceptors (Lipinski definition) is 2. The third-order valence-corrected chi connectivity index (χ3v) is 5.12. The summed E-state index contributed by atoms with van der Waals surface area (Å²) in [5.74, 6) is 0.818. The molecular weight excluding hydrogens is 348 g/mol. The van der Waals surface area contributed by atoms with Gasteiger partial charge in [-0.25, -0.2) is 0 Å². The van der Waals surface area contributed by atoms with Gasteiger partial charge >= 0.3 is 0 Å². The smallest absolute Gasteiger partial charge is 0.267 e. The highest BCUT2D eigenvalue weighted by Gasteiger charge is 2.25. The molecule has 1 aliphatic rings. The fourth-order valence-electron chi connectivity index (χ4n) is 3.46. The summed E-state index contributed by atoms with van der Waals surface area (Å²) in [6.45, 7) is 3.39. The molecule has 0 fully saturated rings. The van der Waals surface area contributed by atoms with Crippen molar-refractivity contribution in [2.45, 2.75) is 32.4 Å². The average molecular weight is 369 g/mol. The standard InChI is InChI=1S/C21H21ClN2O2/c1-2-17-13-24-18(12-15-4-3-5-19(26-17)20(15)24)21(25)23-11-10-14-6-8-16(22)9-7-14/h3-9,12,17H,2,10-11,13H2,1H3,(H,23,25). The van der Waals surface area contributed by atoms with E-state index < -0.39 is 0 Å². The molecule has 3 aromatic rings. The SMILES string of the molecule is CCC1Cn2c(C(=O)NCCc3ccc(Cl)cc3)cc3cccc(c32)O1. The minimum atomic E-state index is -0.0436. The van der Waals surface area contributed by atoms with Crippen molar-refractivity contribution in [1.29, 1.82) is 0 Å². The van der Waals surface area contributed by atoms with Crippen LogP contribution in [0.4, 0.5) is 0 Å². The van der Waals surface area contributed by atoms with E-state index in [1.54, 1.807) is 0 Å². The maximum absolute atomic E-state index is 12.8. The number of para-hydroxylation sites is 1. The summed E-state index contributed by atoms with van der Waals surface area (Å²) in [6, 6.07) is 15.6. The van der Waals surface area contributed by atoms with E-state index in [4.69, 9.17) is 16.3 Å². The molecule has 1 aromatic heterocycles. The van der Waals surface area contributed by atoms with Gasteiger partial charge in [0, 0.05) is 17.0 Å². The molecule has 2 heterocycles. The normalized spacial score (nSPS) is 15.7. The maximum atomic E-state index is 12.8. The van der Waals surface area contributed by atoms with Gasteiger partial charge in [-0.05, 0) is 42.7 Å². The summed E-state index contributed by atoms with van der Waals surface area (Å²) in [7, 11) is 0. The second-order valence-corrected chi connectivity index (χ2v) is 7.05. The molecular formula is C21H21ClN2O2. The fraction of sp³-hybridized carbons (Fsp3) is 0.286. The molecule has 1 atom stereocenters. The molecule has 0 aliphatic carbocycles. The second-order valence-electron chi connectivity index (χ2n) is 6.61. The van der Waals surface area contributed by atoms with Crippen molar-refractivity contribution in [1.82, 2.24) is 9.88 Å². The predicted octanol–water partition coefficient (Wildman–Crippen LogP) is 4.44. The molecule has 0 saturated carbocycles. The van der Waals surface area contributed by atoms with Crippen LogP contribution in [0, 0.1) is 0 Å². The lowest BCUT2D eigenvalue weighted by atomic mass is 10.1. The summed E-state index contributed by atoms with van der Waals surface area (Å²) in [6.07, 6.45) is 1.78. The lowest BCUT2D eigenvalue weighted by molar-refractivity contribution is 0.0938. The number of ether oxygens (including phenoxy) is 1. The van der Waals surface area contributed by atoms with Gasteiger partial charge in [0.1, 0.15) is 17.5 Å². The van der Waals surface area contributed by atoms with E-state index in [1.807, 2.05) is 48.5 Å². The lowest BCUT2D eigenvalue weighted by Crippen LogP contribution is -2.32. The van der Waals surface area contributed by atoms with Gasteiger partial charge in [-0.3, -0.25) is 4.79 Å². The summed E-state index contributed by atoms with van der Waals surface area (Å²) in [4.78, 5) is 12.8. The highest BCUT2D eigenvalue weighted by Crippen LogP contribution is 2.34. The molecule has 134 valence electrons. The van der Waals surface area contributed by atoms with E-state index in [0.29, 0.717) is 18.8 Å². The van der Waals surface area contributed by atoms with E-state index in [0.717, 1.165) is 40.1 Å². The van der Waals surface area contributed by atoms with Crippen LogP contribution in [0.5, 0.6) is 5.75 Å². The number of halogens is 1. The predicted molar refractivity (Wildman–Crippen MR) is 104 cm³/mol. The molecule has 26 heavy (non-hydrogen) atoms. The Morgan fingerprint density at radius 2 is 2.08 bits per heavy atom. The van der Waals surface area contributed by atoms with E-state index in [-0.39, 0.29) is 12.0 Å². The number of benzene rings is 2. The monoisotopic (exact) mass is 368 g/mol. The Labute approximate surface area is 157 Å². The molecule has 4 rings (SSSR count). The van der Waals surface area contributed by atoms with Gasteiger partial charge in [0.2, 0.25) is 0 Å². The summed E-state index contributed by atoms with van der Waals surface area (Å²) in [5.41, 5.74) is 2.86. The lowest BCUT2D eigenvalue weighted by Gasteiger charge is -2.26. The van der Waals surface area contributed by atoms with Gasteiger partial charge in [0.15, 0.2) is 0 Å². The van der Waals surface area contributed by atoms with Crippen LogP contribution in [0.25, 0.3) is 10.9 Å². The van der Waals surface area contributed by atoms with Gasteiger partial charge in [-0.15, -0.1) is 0 Å². The van der Waals surface area contributed by atoms with E-state index in [1.165, 1.54) is 0 Å². The molecule has 4 nitrogen and oxygen atoms in total. The van der Waals surface area contributed by atoms with Crippen molar-refractivity contribution < 1.29 is 9.53 Å². The topological polar surface area (TPSA) is 43.3 Å². The average Bonchev–Trinajstić information content (AvgIpc) is 3.03. The Morgan fingerprint density at radius 1 is 1.27 bits per heavy atom. The highest BCUT2D eigenvalue weighted by atomic mass is 35.5. The number of nitrogens with one attached hydrogen (secondary N) is 1. The van der Waals surface area contributed by atoms with Gasteiger partial charge in [0.05, 0.1) is 12.1 Å². The molecule has 2 aromatic carbocycles. The van der Waals surface area contributed by atoms with Gasteiger partial charge in [-0.2, -0.15) is 0 Å². The van der Waals surface area contributed by atoms with E-state index >= 15 is 0 Å². The fourth-order valence-corrected chi connectivity index (χ4v) is 3.58. The van der Waals surface area contributed by atoms with Crippen LogP contribution in [-0.4, -0.2) is 23.1 Å². The number of nitrogens with zero attached hydrogens (tertiary/aromatic N) is 1. The van der Waals surface area contributed by atoms with Gasteiger partial charge < -0.3 is 14.6 Å². The van der Waals surface area contributed by atoms with Crippen molar-refractivity contribution in [3.05, 3.63) is 64.8 Å². The third kappa shape index (κ3) is 3.17. The second kappa shape index (κ2) is 7.04. The quantitative estimate of drug-likeness (QED) is 0.723. The first kappa shape index (κ1) is 17.0. The molecule has 1 unspecified atom stereocenters. The van der Waals surface area contributed by atoms with Crippen LogP contribution in [0.15, 0.2) is 48.5 Å². The zero-order valence-electron chi connectivity index (χ0n) is 14.7. The molecule has 1 aliphatic heterocycles. The molecule has 0 radical (unpaired) electrons. The van der Waals surface area contributed by atoms with Crippen LogP contribution in [0.2, 0.25) is 5.02 Å². The third-order valence-electron chi connectivity index (χ3n) is 4.86. The Kier molecular flexibility index (Phi) is 4.60. The zero-order chi connectivity index (χ0) is 18.1. The van der Waals surface area contributed by atoms with Crippen LogP contribution in [0.3, 0.4) is 0 Å². The van der Waals surface area contributed by atoms with Crippen molar-refractivity contribution in [3.63, 3.8) is 0 Å². The molecule has 0 bridgehead atoms. The van der Waals surface area contributed by atoms with Gasteiger partial charge in [-0.1, -0.05) is 42.8 Å². The zero-order valence-corrected chi connectivity index (χ0v) is 15.4. The first-order valence-corrected chi connectivity index (χ1v) is 9.35. The van der Waals surface area contributed by atoms with E-state index in [2.05, 4.69) is 16.8 Å². The number of hydrogen-bond donors (Lipinski definition) is 1. The van der Waals surface area contributed by atoms with Crippen LogP contribution in [0.1, 0.15) is 29.4 Å². The minimum Gasteiger partial charge on any atom is -0.486 e. The Morgan fingerprint density at radius 3 is 2.85 bits per heavy atom. The molecule has 5 heteroatoms. The Balaban J connectivity index is 1.52. The molecule has 0 saturated heterocycles. The highest BCUT2D eigenvalue weighted by molar-refractivity contribution is 6.30. The molecule has 1 N–H and O–H groups in total. The largest absolute Gasteiger partial charge is 0.486 e. The van der Waals surface area contributed by atoms with Crippen LogP contribution < -0.4 is 10.1 Å². The van der Waals surface area contributed by atoms with Crippen LogP contribution >= 0.6 is 11.6 Å².